The molecular weight excluding hydrogens is 636 g/mol. The number of carboxylic acid groups (broad SMARTS) is 1. The Labute approximate surface area is 232 Å². The molecule has 188 valence electrons. The molecule has 4 rings (SSSR count). The van der Waals surface area contributed by atoms with Gasteiger partial charge in [0.25, 0.3) is 10.0 Å². The molecule has 0 aliphatic heterocycles. The third-order valence-corrected chi connectivity index (χ3v) is 8.44. The summed E-state index contributed by atoms with van der Waals surface area (Å²) in [6.07, 6.45) is 3.55. The lowest BCUT2D eigenvalue weighted by Gasteiger charge is -2.37. The van der Waals surface area contributed by atoms with Crippen molar-refractivity contribution in [3.63, 3.8) is 0 Å². The van der Waals surface area contributed by atoms with Crippen LogP contribution in [0.15, 0.2) is 71.9 Å². The van der Waals surface area contributed by atoms with E-state index in [9.17, 15) is 18.3 Å². The van der Waals surface area contributed by atoms with Crippen LogP contribution in [0, 0.1) is 8.99 Å². The first-order valence-corrected chi connectivity index (χ1v) is 14.0. The Morgan fingerprint density at radius 2 is 1.72 bits per heavy atom. The second-order valence-corrected chi connectivity index (χ2v) is 13.2. The van der Waals surface area contributed by atoms with Gasteiger partial charge in [-0.3, -0.25) is 4.31 Å². The number of halogens is 3. The van der Waals surface area contributed by atoms with Gasteiger partial charge in [0.05, 0.1) is 16.1 Å². The van der Waals surface area contributed by atoms with Gasteiger partial charge < -0.3 is 9.67 Å². The van der Waals surface area contributed by atoms with Crippen LogP contribution in [0.25, 0.3) is 16.7 Å². The van der Waals surface area contributed by atoms with Crippen molar-refractivity contribution in [1.82, 2.24) is 9.55 Å². The van der Waals surface area contributed by atoms with E-state index in [1.807, 2.05) is 29.0 Å². The Kier molecular flexibility index (Phi) is 7.31. The fourth-order valence-electron chi connectivity index (χ4n) is 4.03. The first-order chi connectivity index (χ1) is 16.8. The largest absolute Gasteiger partial charge is 0.480 e. The monoisotopic (exact) mass is 657 g/mol. The normalized spacial score (nSPS) is 13.1. The molecule has 0 radical (unpaired) electrons. The van der Waals surface area contributed by atoms with E-state index in [0.717, 1.165) is 18.8 Å². The highest BCUT2D eigenvalue weighted by Crippen LogP contribution is 2.37. The van der Waals surface area contributed by atoms with Crippen molar-refractivity contribution in [3.8, 4) is 5.82 Å². The van der Waals surface area contributed by atoms with Crippen molar-refractivity contribution < 1.29 is 18.3 Å². The van der Waals surface area contributed by atoms with Gasteiger partial charge >= 0.3 is 5.97 Å². The third kappa shape index (κ3) is 5.20. The number of anilines is 1. The second-order valence-electron chi connectivity index (χ2n) is 9.27. The highest BCUT2D eigenvalue weighted by Gasteiger charge is 2.43. The summed E-state index contributed by atoms with van der Waals surface area (Å²) < 4.78 is 31.8. The van der Waals surface area contributed by atoms with Gasteiger partial charge in [-0.15, -0.1) is 0 Å². The maximum Gasteiger partial charge on any atom is 0.328 e. The number of nitrogens with zero attached hydrogens (tertiary/aromatic N) is 3. The molecule has 1 unspecified atom stereocenters. The maximum absolute atomic E-state index is 14.0. The van der Waals surface area contributed by atoms with Crippen molar-refractivity contribution in [3.05, 3.63) is 80.6 Å². The SMILES string of the molecule is CC(C)(C)C(C(=O)O)N(c1ccc2c(ccn2-c2cc(I)ccn2)c1)S(=O)(=O)c1cc(Cl)cc(Cl)c1. The van der Waals surface area contributed by atoms with Gasteiger partial charge in [-0.1, -0.05) is 44.0 Å². The number of aromatic nitrogens is 2. The molecule has 2 aromatic heterocycles. The Balaban J connectivity index is 1.94. The number of sulfonamides is 1. The molecule has 0 aliphatic rings. The fourth-order valence-corrected chi connectivity index (χ4v) is 6.98. The first kappa shape index (κ1) is 26.7. The quantitative estimate of drug-likeness (QED) is 0.235. The van der Waals surface area contributed by atoms with Crippen molar-refractivity contribution in [2.24, 2.45) is 5.41 Å². The number of rotatable bonds is 6. The summed E-state index contributed by atoms with van der Waals surface area (Å²) in [7, 11) is -4.38. The number of carboxylic acids is 1. The van der Waals surface area contributed by atoms with Crippen molar-refractivity contribution in [1.29, 1.82) is 0 Å². The van der Waals surface area contributed by atoms with Gasteiger partial charge in [0, 0.05) is 31.4 Å². The summed E-state index contributed by atoms with van der Waals surface area (Å²) in [4.78, 5) is 16.7. The molecule has 0 spiro atoms. The van der Waals surface area contributed by atoms with E-state index >= 15 is 0 Å². The Bertz CT molecular complexity index is 1560. The molecule has 0 aliphatic carbocycles. The second kappa shape index (κ2) is 9.85. The zero-order valence-corrected chi connectivity index (χ0v) is 24.0. The molecule has 36 heavy (non-hydrogen) atoms. The average Bonchev–Trinajstić information content (AvgIpc) is 3.18. The molecule has 1 atom stereocenters. The zero-order valence-electron chi connectivity index (χ0n) is 19.5. The molecule has 2 aromatic carbocycles. The summed E-state index contributed by atoms with van der Waals surface area (Å²) in [5, 5.41) is 11.2. The Hall–Kier alpha value is -2.34. The predicted octanol–water partition coefficient (Wildman–Crippen LogP) is 6.63. The third-order valence-electron chi connectivity index (χ3n) is 5.56. The van der Waals surface area contributed by atoms with Gasteiger partial charge in [0.2, 0.25) is 0 Å². The molecule has 0 amide bonds. The molecule has 0 bridgehead atoms. The van der Waals surface area contributed by atoms with Crippen molar-refractivity contribution in [2.75, 3.05) is 4.31 Å². The molecular formula is C25H22Cl2IN3O4S. The lowest BCUT2D eigenvalue weighted by molar-refractivity contribution is -0.140. The van der Waals surface area contributed by atoms with Crippen LogP contribution < -0.4 is 4.31 Å². The molecule has 7 nitrogen and oxygen atoms in total. The lowest BCUT2D eigenvalue weighted by Crippen LogP contribution is -2.52. The lowest BCUT2D eigenvalue weighted by atomic mass is 9.86. The highest BCUT2D eigenvalue weighted by molar-refractivity contribution is 14.1. The van der Waals surface area contributed by atoms with Crippen LogP contribution in [0.2, 0.25) is 10.0 Å². The predicted molar refractivity (Wildman–Crippen MR) is 151 cm³/mol. The zero-order chi connectivity index (χ0) is 26.4. The van der Waals surface area contributed by atoms with Crippen molar-refractivity contribution >= 4 is 78.4 Å². The van der Waals surface area contributed by atoms with Crippen LogP contribution in [0.1, 0.15) is 20.8 Å². The van der Waals surface area contributed by atoms with E-state index in [1.54, 1.807) is 45.2 Å². The number of aliphatic carboxylic acids is 1. The summed E-state index contributed by atoms with van der Waals surface area (Å²) in [6, 6.07) is 13.2. The van der Waals surface area contributed by atoms with Crippen LogP contribution >= 0.6 is 45.8 Å². The summed E-state index contributed by atoms with van der Waals surface area (Å²) in [6.45, 7) is 5.03. The average molecular weight is 658 g/mol. The van der Waals surface area contributed by atoms with E-state index < -0.39 is 27.4 Å². The molecule has 0 saturated carbocycles. The number of pyridine rings is 1. The standard InChI is InChI=1S/C25H22Cl2IN3O4S/c1-25(2,3)23(24(32)33)31(36(34,35)20-12-16(26)11-17(27)13-20)19-4-5-21-15(10-19)7-9-30(21)22-14-18(28)6-8-29-22/h4-14,23H,1-3H3,(H,32,33). The minimum atomic E-state index is -4.38. The van der Waals surface area contributed by atoms with Gasteiger partial charge in [0.1, 0.15) is 11.9 Å². The smallest absolute Gasteiger partial charge is 0.328 e. The number of fused-ring (bicyclic) bond motifs is 1. The molecule has 0 fully saturated rings. The highest BCUT2D eigenvalue weighted by atomic mass is 127. The fraction of sp³-hybridized carbons (Fsp3) is 0.200. The van der Waals surface area contributed by atoms with Crippen LogP contribution in [0.3, 0.4) is 0 Å². The molecule has 4 aromatic rings. The van der Waals surface area contributed by atoms with Gasteiger partial charge in [0.15, 0.2) is 0 Å². The summed E-state index contributed by atoms with van der Waals surface area (Å²) in [5.74, 6) is -0.569. The van der Waals surface area contributed by atoms with Crippen molar-refractivity contribution in [2.45, 2.75) is 31.7 Å². The van der Waals surface area contributed by atoms with Gasteiger partial charge in [-0.05, 0) is 82.6 Å². The van der Waals surface area contributed by atoms with Crippen LogP contribution in [0.5, 0.6) is 0 Å². The number of carbonyl (C=O) groups is 1. The number of benzene rings is 2. The first-order valence-electron chi connectivity index (χ1n) is 10.8. The minimum absolute atomic E-state index is 0.126. The number of hydrogen-bond acceptors (Lipinski definition) is 4. The summed E-state index contributed by atoms with van der Waals surface area (Å²) in [5.41, 5.74) is 0.0422. The molecule has 11 heteroatoms. The van der Waals surface area contributed by atoms with E-state index in [1.165, 1.54) is 18.2 Å². The topological polar surface area (TPSA) is 92.5 Å². The maximum atomic E-state index is 14.0. The van der Waals surface area contributed by atoms with E-state index in [4.69, 9.17) is 23.2 Å². The molecule has 0 saturated heterocycles. The number of hydrogen-bond donors (Lipinski definition) is 1. The van der Waals surface area contributed by atoms with E-state index in [2.05, 4.69) is 27.6 Å². The Morgan fingerprint density at radius 1 is 1.06 bits per heavy atom. The van der Waals surface area contributed by atoms with Crippen LogP contribution in [-0.4, -0.2) is 35.1 Å². The molecule has 1 N–H and O–H groups in total. The van der Waals surface area contributed by atoms with Crippen LogP contribution in [0.4, 0.5) is 5.69 Å². The Morgan fingerprint density at radius 3 is 2.31 bits per heavy atom. The molecule has 2 heterocycles. The van der Waals surface area contributed by atoms with E-state index in [0.29, 0.717) is 5.82 Å². The van der Waals surface area contributed by atoms with E-state index in [-0.39, 0.29) is 20.6 Å². The van der Waals surface area contributed by atoms with Crippen LogP contribution in [-0.2, 0) is 14.8 Å². The minimum Gasteiger partial charge on any atom is -0.480 e. The van der Waals surface area contributed by atoms with Gasteiger partial charge in [-0.25, -0.2) is 18.2 Å². The summed E-state index contributed by atoms with van der Waals surface area (Å²) >= 11 is 14.4. The van der Waals surface area contributed by atoms with Gasteiger partial charge in [-0.2, -0.15) is 0 Å².